The van der Waals surface area contributed by atoms with Gasteiger partial charge in [0.05, 0.1) is 16.1 Å². The Hall–Kier alpha value is -3.22. The van der Waals surface area contributed by atoms with E-state index in [4.69, 9.17) is 5.10 Å². The third-order valence-corrected chi connectivity index (χ3v) is 5.67. The van der Waals surface area contributed by atoms with Crippen molar-refractivity contribution in [2.45, 2.75) is 6.42 Å². The molecule has 0 fully saturated rings. The normalized spacial score (nSPS) is 11.0. The molecule has 6 heteroatoms. The van der Waals surface area contributed by atoms with E-state index >= 15 is 0 Å². The van der Waals surface area contributed by atoms with E-state index in [-0.39, 0.29) is 5.91 Å². The highest BCUT2D eigenvalue weighted by atomic mass is 32.1. The zero-order valence-electron chi connectivity index (χ0n) is 17.1. The molecule has 0 aliphatic carbocycles. The molecule has 4 rings (SSSR count). The molecule has 0 saturated heterocycles. The number of carbonyl (C=O) groups is 1. The summed E-state index contributed by atoms with van der Waals surface area (Å²) < 4.78 is 1.76. The number of likely N-dealkylation sites (N-methyl/N-ethyl adjacent to an activating group) is 1. The molecular formula is C24H24N4OS. The summed E-state index contributed by atoms with van der Waals surface area (Å²) in [6, 6.07) is 21.8. The summed E-state index contributed by atoms with van der Waals surface area (Å²) in [6.45, 7) is 0.995. The smallest absolute Gasteiger partial charge is 0.259 e. The van der Waals surface area contributed by atoms with Crippen molar-refractivity contribution < 1.29 is 4.79 Å². The molecular weight excluding hydrogens is 392 g/mol. The summed E-state index contributed by atoms with van der Waals surface area (Å²) in [4.78, 5) is 16.2. The number of nitrogens with one attached hydrogen (secondary N) is 1. The van der Waals surface area contributed by atoms with Crippen LogP contribution in [0.2, 0.25) is 0 Å². The van der Waals surface area contributed by atoms with E-state index in [2.05, 4.69) is 36.4 Å². The maximum atomic E-state index is 13.1. The Bertz CT molecular complexity index is 1100. The summed E-state index contributed by atoms with van der Waals surface area (Å²) in [5.41, 5.74) is 4.18. The van der Waals surface area contributed by atoms with Crippen LogP contribution in [0.25, 0.3) is 16.3 Å². The number of nitrogens with zero attached hydrogens (tertiary/aromatic N) is 3. The number of hydrogen-bond donors (Lipinski definition) is 1. The zero-order valence-corrected chi connectivity index (χ0v) is 17.9. The topological polar surface area (TPSA) is 50.2 Å². The van der Waals surface area contributed by atoms with E-state index < -0.39 is 0 Å². The van der Waals surface area contributed by atoms with E-state index in [1.54, 1.807) is 22.2 Å². The zero-order chi connectivity index (χ0) is 20.9. The van der Waals surface area contributed by atoms with Crippen LogP contribution in [0.5, 0.6) is 0 Å². The molecule has 0 unspecified atom stereocenters. The minimum atomic E-state index is -0.165. The van der Waals surface area contributed by atoms with Gasteiger partial charge in [-0.3, -0.25) is 4.79 Å². The van der Waals surface area contributed by atoms with Crippen LogP contribution in [0, 0.1) is 0 Å². The quantitative estimate of drug-likeness (QED) is 0.463. The SMILES string of the molecule is CN(C)CCc1ccc(NC(=O)c2cn(-c3ccccc3)nc2-c2cccs2)cc1. The Morgan fingerprint density at radius 3 is 2.47 bits per heavy atom. The fourth-order valence-corrected chi connectivity index (χ4v) is 3.88. The summed E-state index contributed by atoms with van der Waals surface area (Å²) in [5.74, 6) is -0.165. The molecule has 1 amide bonds. The lowest BCUT2D eigenvalue weighted by atomic mass is 10.1. The van der Waals surface area contributed by atoms with Crippen LogP contribution in [0.1, 0.15) is 15.9 Å². The largest absolute Gasteiger partial charge is 0.322 e. The Morgan fingerprint density at radius 1 is 1.03 bits per heavy atom. The van der Waals surface area contributed by atoms with Gasteiger partial charge in [-0.05, 0) is 61.8 Å². The number of carbonyl (C=O) groups excluding carboxylic acids is 1. The molecule has 0 aliphatic heterocycles. The average molecular weight is 417 g/mol. The van der Waals surface area contributed by atoms with Crippen LogP contribution in [0.15, 0.2) is 78.3 Å². The predicted octanol–water partition coefficient (Wildman–Crippen LogP) is 4.96. The highest BCUT2D eigenvalue weighted by Gasteiger charge is 2.19. The third-order valence-electron chi connectivity index (χ3n) is 4.79. The van der Waals surface area contributed by atoms with Crippen molar-refractivity contribution >= 4 is 22.9 Å². The van der Waals surface area contributed by atoms with Gasteiger partial charge in [0.25, 0.3) is 5.91 Å². The van der Waals surface area contributed by atoms with E-state index in [1.807, 2.05) is 60.0 Å². The molecule has 0 spiro atoms. The maximum Gasteiger partial charge on any atom is 0.259 e. The van der Waals surface area contributed by atoms with Crippen LogP contribution in [-0.2, 0) is 6.42 Å². The number of para-hydroxylation sites is 1. The van der Waals surface area contributed by atoms with Gasteiger partial charge < -0.3 is 10.2 Å². The van der Waals surface area contributed by atoms with E-state index in [0.717, 1.165) is 29.2 Å². The molecule has 30 heavy (non-hydrogen) atoms. The first-order valence-corrected chi connectivity index (χ1v) is 10.7. The second kappa shape index (κ2) is 9.07. The van der Waals surface area contributed by atoms with Crippen LogP contribution in [-0.4, -0.2) is 41.2 Å². The van der Waals surface area contributed by atoms with E-state index in [0.29, 0.717) is 11.3 Å². The fourth-order valence-electron chi connectivity index (χ4n) is 3.15. The number of aromatic nitrogens is 2. The standard InChI is InChI=1S/C24H24N4OS/c1-27(2)15-14-18-10-12-19(13-11-18)25-24(29)21-17-28(20-7-4-3-5-8-20)26-23(21)22-9-6-16-30-22/h3-13,16-17H,14-15H2,1-2H3,(H,25,29). The number of benzene rings is 2. The maximum absolute atomic E-state index is 13.1. The highest BCUT2D eigenvalue weighted by Crippen LogP contribution is 2.28. The Labute approximate surface area is 180 Å². The van der Waals surface area contributed by atoms with Gasteiger partial charge in [-0.15, -0.1) is 11.3 Å². The van der Waals surface area contributed by atoms with Crippen LogP contribution < -0.4 is 5.32 Å². The molecule has 0 atom stereocenters. The molecule has 0 saturated carbocycles. The summed E-state index contributed by atoms with van der Waals surface area (Å²) in [7, 11) is 4.13. The molecule has 0 bridgehead atoms. The first kappa shape index (κ1) is 20.1. The number of amides is 1. The Morgan fingerprint density at radius 2 is 1.80 bits per heavy atom. The second-order valence-electron chi connectivity index (χ2n) is 7.35. The number of anilines is 1. The van der Waals surface area contributed by atoms with E-state index in [9.17, 15) is 4.79 Å². The first-order valence-electron chi connectivity index (χ1n) is 9.84. The average Bonchev–Trinajstić information content (AvgIpc) is 3.44. The van der Waals surface area contributed by atoms with Gasteiger partial charge in [0.15, 0.2) is 0 Å². The molecule has 4 aromatic rings. The Balaban J connectivity index is 1.58. The first-order chi connectivity index (χ1) is 14.6. The summed E-state index contributed by atoms with van der Waals surface area (Å²) in [6.07, 6.45) is 2.78. The van der Waals surface area contributed by atoms with Gasteiger partial charge in [-0.2, -0.15) is 5.10 Å². The molecule has 152 valence electrons. The van der Waals surface area contributed by atoms with Gasteiger partial charge >= 0.3 is 0 Å². The lowest BCUT2D eigenvalue weighted by Crippen LogP contribution is -2.15. The van der Waals surface area contributed by atoms with Gasteiger partial charge in [-0.25, -0.2) is 4.68 Å². The van der Waals surface area contributed by atoms with E-state index in [1.165, 1.54) is 5.56 Å². The van der Waals surface area contributed by atoms with Crippen molar-refractivity contribution in [2.75, 3.05) is 26.0 Å². The molecule has 2 aromatic heterocycles. The summed E-state index contributed by atoms with van der Waals surface area (Å²) in [5, 5.41) is 9.71. The van der Waals surface area contributed by atoms with Crippen molar-refractivity contribution in [1.82, 2.24) is 14.7 Å². The number of thiophene rings is 1. The molecule has 2 heterocycles. The minimum absolute atomic E-state index is 0.165. The van der Waals surface area contributed by atoms with Gasteiger partial charge in [0.1, 0.15) is 5.69 Å². The van der Waals surface area contributed by atoms with Crippen LogP contribution in [0.3, 0.4) is 0 Å². The lowest BCUT2D eigenvalue weighted by Gasteiger charge is -2.10. The minimum Gasteiger partial charge on any atom is -0.322 e. The van der Waals surface area contributed by atoms with Crippen molar-refractivity contribution in [3.63, 3.8) is 0 Å². The predicted molar refractivity (Wildman–Crippen MR) is 124 cm³/mol. The molecule has 5 nitrogen and oxygen atoms in total. The molecule has 2 aromatic carbocycles. The van der Waals surface area contributed by atoms with Crippen molar-refractivity contribution in [3.05, 3.63) is 89.4 Å². The second-order valence-corrected chi connectivity index (χ2v) is 8.30. The Kier molecular flexibility index (Phi) is 6.07. The molecule has 1 N–H and O–H groups in total. The fraction of sp³-hybridized carbons (Fsp3) is 0.167. The van der Waals surface area contributed by atoms with Crippen molar-refractivity contribution in [1.29, 1.82) is 0 Å². The highest BCUT2D eigenvalue weighted by molar-refractivity contribution is 7.13. The van der Waals surface area contributed by atoms with Gasteiger partial charge in [-0.1, -0.05) is 36.4 Å². The lowest BCUT2D eigenvalue weighted by molar-refractivity contribution is 0.102. The van der Waals surface area contributed by atoms with Gasteiger partial charge in [0.2, 0.25) is 0 Å². The van der Waals surface area contributed by atoms with Crippen molar-refractivity contribution in [2.24, 2.45) is 0 Å². The number of hydrogen-bond acceptors (Lipinski definition) is 4. The number of rotatable bonds is 7. The van der Waals surface area contributed by atoms with Crippen LogP contribution >= 0.6 is 11.3 Å². The van der Waals surface area contributed by atoms with Gasteiger partial charge in [0, 0.05) is 18.4 Å². The van der Waals surface area contributed by atoms with Crippen LogP contribution in [0.4, 0.5) is 5.69 Å². The molecule has 0 radical (unpaired) electrons. The van der Waals surface area contributed by atoms with Crippen molar-refractivity contribution in [3.8, 4) is 16.3 Å². The third kappa shape index (κ3) is 4.67. The monoisotopic (exact) mass is 416 g/mol. The molecule has 0 aliphatic rings. The summed E-state index contributed by atoms with van der Waals surface area (Å²) >= 11 is 1.57.